The van der Waals surface area contributed by atoms with Crippen molar-refractivity contribution < 1.29 is 29.0 Å². The largest absolute Gasteiger partial charge is 0.466 e. The number of carbonyl (C=O) groups excluding carboxylic acids is 3. The molecule has 1 N–H and O–H groups in total. The van der Waals surface area contributed by atoms with E-state index in [1.54, 1.807) is 13.8 Å². The molecule has 0 bridgehead atoms. The molecule has 0 unspecified atom stereocenters. The van der Waals surface area contributed by atoms with E-state index in [2.05, 4.69) is 4.74 Å². The molecule has 7 heteroatoms. The zero-order valence-electron chi connectivity index (χ0n) is 13.8. The van der Waals surface area contributed by atoms with Crippen LogP contribution in [0, 0.1) is 5.41 Å². The highest BCUT2D eigenvalue weighted by Gasteiger charge is 2.36. The van der Waals surface area contributed by atoms with E-state index in [1.165, 1.54) is 12.0 Å². The molecule has 0 rings (SSSR count). The van der Waals surface area contributed by atoms with Crippen molar-refractivity contribution in [3.8, 4) is 0 Å². The summed E-state index contributed by atoms with van der Waals surface area (Å²) in [6.07, 6.45) is 0.581. The lowest BCUT2D eigenvalue weighted by molar-refractivity contribution is -0.154. The Balaban J connectivity index is 4.62. The molecule has 126 valence electrons. The van der Waals surface area contributed by atoms with Gasteiger partial charge in [0.1, 0.15) is 6.10 Å². The van der Waals surface area contributed by atoms with Gasteiger partial charge < -0.3 is 19.5 Å². The number of likely N-dealkylation sites (N-methyl/N-ethyl adjacent to an activating group) is 1. The Morgan fingerprint density at radius 3 is 2.09 bits per heavy atom. The monoisotopic (exact) mass is 315 g/mol. The molecule has 0 saturated carbocycles. The molecule has 1 atom stereocenters. The molecule has 0 aromatic heterocycles. The molecular formula is C15H25NO6. The number of aliphatic hydroxyl groups excluding tert-OH is 1. The van der Waals surface area contributed by atoms with Gasteiger partial charge in [0.05, 0.1) is 13.7 Å². The van der Waals surface area contributed by atoms with Crippen molar-refractivity contribution in [1.82, 2.24) is 4.90 Å². The van der Waals surface area contributed by atoms with Gasteiger partial charge in [-0.3, -0.25) is 4.79 Å². The van der Waals surface area contributed by atoms with Crippen molar-refractivity contribution in [2.45, 2.75) is 33.8 Å². The molecule has 0 saturated heterocycles. The molecule has 0 aromatic rings. The molecule has 0 aliphatic heterocycles. The smallest absolute Gasteiger partial charge is 0.331 e. The van der Waals surface area contributed by atoms with Crippen LogP contribution in [0.25, 0.3) is 0 Å². The van der Waals surface area contributed by atoms with Crippen LogP contribution >= 0.6 is 0 Å². The summed E-state index contributed by atoms with van der Waals surface area (Å²) in [7, 11) is 1.19. The molecule has 0 heterocycles. The van der Waals surface area contributed by atoms with Gasteiger partial charge in [-0.25, -0.2) is 9.59 Å². The van der Waals surface area contributed by atoms with Crippen molar-refractivity contribution >= 4 is 17.8 Å². The van der Waals surface area contributed by atoms with E-state index in [0.29, 0.717) is 13.1 Å². The van der Waals surface area contributed by atoms with Crippen LogP contribution in [0.4, 0.5) is 0 Å². The molecule has 0 aliphatic carbocycles. The van der Waals surface area contributed by atoms with Gasteiger partial charge in [-0.2, -0.15) is 0 Å². The SMILES string of the molecule is CCN(CC)C(=O)[C@@H](O)C(C)(C)COC(=O)/C=C/C(=O)OC. The summed E-state index contributed by atoms with van der Waals surface area (Å²) >= 11 is 0. The Morgan fingerprint density at radius 2 is 1.64 bits per heavy atom. The maximum Gasteiger partial charge on any atom is 0.331 e. The normalized spacial score (nSPS) is 12.8. The molecule has 0 fully saturated rings. The van der Waals surface area contributed by atoms with Crippen LogP contribution in [0.3, 0.4) is 0 Å². The number of esters is 2. The quantitative estimate of drug-likeness (QED) is 0.518. The van der Waals surface area contributed by atoms with E-state index in [4.69, 9.17) is 4.74 Å². The van der Waals surface area contributed by atoms with Gasteiger partial charge in [-0.15, -0.1) is 0 Å². The van der Waals surface area contributed by atoms with Gasteiger partial charge in [0.15, 0.2) is 0 Å². The maximum absolute atomic E-state index is 12.1. The van der Waals surface area contributed by atoms with Crippen molar-refractivity contribution in [3.63, 3.8) is 0 Å². The summed E-state index contributed by atoms with van der Waals surface area (Å²) < 4.78 is 9.30. The van der Waals surface area contributed by atoms with E-state index in [0.717, 1.165) is 12.2 Å². The Bertz CT molecular complexity index is 426. The highest BCUT2D eigenvalue weighted by Crippen LogP contribution is 2.23. The van der Waals surface area contributed by atoms with Crippen molar-refractivity contribution in [2.24, 2.45) is 5.41 Å². The van der Waals surface area contributed by atoms with Crippen LogP contribution in [0.5, 0.6) is 0 Å². The molecule has 0 spiro atoms. The van der Waals surface area contributed by atoms with Gasteiger partial charge in [0.2, 0.25) is 0 Å². The summed E-state index contributed by atoms with van der Waals surface area (Å²) in [6.45, 7) is 7.70. The Morgan fingerprint density at radius 1 is 1.14 bits per heavy atom. The van der Waals surface area contributed by atoms with Crippen molar-refractivity contribution in [2.75, 3.05) is 26.8 Å². The maximum atomic E-state index is 12.1. The zero-order chi connectivity index (χ0) is 17.3. The van der Waals surface area contributed by atoms with E-state index in [9.17, 15) is 19.5 Å². The van der Waals surface area contributed by atoms with Crippen molar-refractivity contribution in [3.05, 3.63) is 12.2 Å². The van der Waals surface area contributed by atoms with Crippen LogP contribution in [0.1, 0.15) is 27.7 Å². The van der Waals surface area contributed by atoms with Crippen LogP contribution in [0.2, 0.25) is 0 Å². The van der Waals surface area contributed by atoms with E-state index in [-0.39, 0.29) is 6.61 Å². The third-order valence-electron chi connectivity index (χ3n) is 3.19. The third-order valence-corrected chi connectivity index (χ3v) is 3.19. The van der Waals surface area contributed by atoms with Gasteiger partial charge in [-0.1, -0.05) is 13.8 Å². The first kappa shape index (κ1) is 20.1. The summed E-state index contributed by atoms with van der Waals surface area (Å²) in [4.78, 5) is 35.9. The number of hydrogen-bond donors (Lipinski definition) is 1. The number of hydrogen-bond acceptors (Lipinski definition) is 6. The minimum atomic E-state index is -1.29. The molecule has 7 nitrogen and oxygen atoms in total. The lowest BCUT2D eigenvalue weighted by Gasteiger charge is -2.32. The van der Waals surface area contributed by atoms with Gasteiger partial charge >= 0.3 is 11.9 Å². The molecule has 22 heavy (non-hydrogen) atoms. The summed E-state index contributed by atoms with van der Waals surface area (Å²) in [6, 6.07) is 0. The summed E-state index contributed by atoms with van der Waals surface area (Å²) in [5, 5.41) is 10.2. The predicted molar refractivity (Wildman–Crippen MR) is 79.8 cm³/mol. The highest BCUT2D eigenvalue weighted by molar-refractivity contribution is 5.91. The predicted octanol–water partition coefficient (Wildman–Crippen LogP) is 0.514. The van der Waals surface area contributed by atoms with Crippen LogP contribution < -0.4 is 0 Å². The minimum absolute atomic E-state index is 0.161. The van der Waals surface area contributed by atoms with Crippen molar-refractivity contribution in [1.29, 1.82) is 0 Å². The van der Waals surface area contributed by atoms with Crippen LogP contribution in [-0.2, 0) is 23.9 Å². The fourth-order valence-electron chi connectivity index (χ4n) is 1.63. The fourth-order valence-corrected chi connectivity index (χ4v) is 1.63. The topological polar surface area (TPSA) is 93.1 Å². The lowest BCUT2D eigenvalue weighted by atomic mass is 9.86. The molecule has 0 radical (unpaired) electrons. The number of rotatable bonds is 8. The number of nitrogens with zero attached hydrogens (tertiary/aromatic N) is 1. The van der Waals surface area contributed by atoms with Crippen LogP contribution in [0.15, 0.2) is 12.2 Å². The second kappa shape index (κ2) is 9.19. The average molecular weight is 315 g/mol. The first-order valence-electron chi connectivity index (χ1n) is 7.09. The highest BCUT2D eigenvalue weighted by atomic mass is 16.5. The zero-order valence-corrected chi connectivity index (χ0v) is 13.8. The number of ether oxygens (including phenoxy) is 2. The average Bonchev–Trinajstić information content (AvgIpc) is 2.50. The minimum Gasteiger partial charge on any atom is -0.466 e. The summed E-state index contributed by atoms with van der Waals surface area (Å²) in [5.74, 6) is -1.83. The lowest BCUT2D eigenvalue weighted by Crippen LogP contribution is -2.48. The van der Waals surface area contributed by atoms with Gasteiger partial charge in [-0.05, 0) is 13.8 Å². The van der Waals surface area contributed by atoms with E-state index < -0.39 is 29.4 Å². The third kappa shape index (κ3) is 6.26. The Labute approximate surface area is 130 Å². The molecule has 1 amide bonds. The molecule has 0 aromatic carbocycles. The van der Waals surface area contributed by atoms with Gasteiger partial charge in [0.25, 0.3) is 5.91 Å². The molecule has 0 aliphatic rings. The van der Waals surface area contributed by atoms with Crippen LogP contribution in [-0.4, -0.2) is 60.8 Å². The fraction of sp³-hybridized carbons (Fsp3) is 0.667. The molecular weight excluding hydrogens is 290 g/mol. The van der Waals surface area contributed by atoms with Gasteiger partial charge in [0, 0.05) is 30.7 Å². The van der Waals surface area contributed by atoms with E-state index >= 15 is 0 Å². The standard InChI is InChI=1S/C15H25NO6/c1-6-16(7-2)14(20)13(19)15(3,4)10-22-12(18)9-8-11(17)21-5/h8-9,13,19H,6-7,10H2,1-5H3/b9-8+/t13-/m1/s1. The Kier molecular flexibility index (Phi) is 8.40. The number of carbonyl (C=O) groups is 3. The Hall–Kier alpha value is -1.89. The first-order chi connectivity index (χ1) is 10.2. The van der Waals surface area contributed by atoms with E-state index in [1.807, 2.05) is 13.8 Å². The first-order valence-corrected chi connectivity index (χ1v) is 7.09. The summed E-state index contributed by atoms with van der Waals surface area (Å²) in [5.41, 5.74) is -0.950. The second-order valence-electron chi connectivity index (χ2n) is 5.37. The number of methoxy groups -OCH3 is 1. The second-order valence-corrected chi connectivity index (χ2v) is 5.37. The number of amides is 1. The number of aliphatic hydroxyl groups is 1.